The Labute approximate surface area is 225 Å². The van der Waals surface area contributed by atoms with Gasteiger partial charge in [-0.3, -0.25) is 9.59 Å². The van der Waals surface area contributed by atoms with Crippen LogP contribution in [-0.4, -0.2) is 37.3 Å². The average molecular weight is 560 g/mol. The van der Waals surface area contributed by atoms with Gasteiger partial charge in [0.15, 0.2) is 16.1 Å². The number of nitrogens with zero attached hydrogens (tertiary/aromatic N) is 4. The van der Waals surface area contributed by atoms with E-state index in [1.807, 2.05) is 17.5 Å². The van der Waals surface area contributed by atoms with Crippen LogP contribution >= 0.6 is 46.3 Å². The first-order chi connectivity index (χ1) is 17.4. The van der Waals surface area contributed by atoms with Crippen LogP contribution in [0.15, 0.2) is 71.7 Å². The van der Waals surface area contributed by atoms with Gasteiger partial charge in [0.25, 0.3) is 5.91 Å². The Hall–Kier alpha value is -3.18. The number of hydrogen-bond donors (Lipinski definition) is 2. The predicted octanol–water partition coefficient (Wildman–Crippen LogP) is 5.56. The third kappa shape index (κ3) is 6.73. The molecule has 0 aliphatic carbocycles. The fourth-order valence-electron chi connectivity index (χ4n) is 3.10. The fourth-order valence-corrected chi connectivity index (χ4v) is 4.86. The van der Waals surface area contributed by atoms with Crippen molar-refractivity contribution in [3.63, 3.8) is 0 Å². The zero-order chi connectivity index (χ0) is 25.5. The molecule has 0 bridgehead atoms. The van der Waals surface area contributed by atoms with E-state index in [2.05, 4.69) is 32.4 Å². The molecule has 0 spiro atoms. The number of aromatic nitrogens is 4. The van der Waals surface area contributed by atoms with E-state index in [1.54, 1.807) is 47.0 Å². The number of carbonyl (C=O) groups excluding carboxylic acids is 2. The maximum atomic E-state index is 12.5. The number of hydrogen-bond acceptors (Lipinski definition) is 7. The number of thioether (sulfide) groups is 1. The van der Waals surface area contributed by atoms with Gasteiger partial charge < -0.3 is 15.2 Å². The summed E-state index contributed by atoms with van der Waals surface area (Å²) in [6.07, 6.45) is 1.70. The van der Waals surface area contributed by atoms with Gasteiger partial charge in [0, 0.05) is 33.1 Å². The highest BCUT2D eigenvalue weighted by Gasteiger charge is 2.16. The molecule has 0 atom stereocenters. The van der Waals surface area contributed by atoms with Gasteiger partial charge in [-0.15, -0.1) is 28.1 Å². The predicted molar refractivity (Wildman–Crippen MR) is 145 cm³/mol. The van der Waals surface area contributed by atoms with E-state index in [9.17, 15) is 9.59 Å². The van der Waals surface area contributed by atoms with Crippen molar-refractivity contribution in [3.05, 3.63) is 88.0 Å². The Morgan fingerprint density at radius 2 is 1.75 bits per heavy atom. The molecule has 8 nitrogen and oxygen atoms in total. The summed E-state index contributed by atoms with van der Waals surface area (Å²) in [7, 11) is 0. The van der Waals surface area contributed by atoms with Crippen molar-refractivity contribution in [1.29, 1.82) is 0 Å². The number of amides is 2. The highest BCUT2D eigenvalue weighted by Crippen LogP contribution is 2.26. The highest BCUT2D eigenvalue weighted by molar-refractivity contribution is 7.99. The second-order valence-electron chi connectivity index (χ2n) is 7.37. The molecule has 2 amide bonds. The van der Waals surface area contributed by atoms with E-state index in [4.69, 9.17) is 23.2 Å². The lowest BCUT2D eigenvalue weighted by Gasteiger charge is -2.09. The van der Waals surface area contributed by atoms with E-state index in [0.717, 1.165) is 11.3 Å². The average Bonchev–Trinajstić information content (AvgIpc) is 3.49. The monoisotopic (exact) mass is 558 g/mol. The summed E-state index contributed by atoms with van der Waals surface area (Å²) in [5.41, 5.74) is 2.16. The Kier molecular flexibility index (Phi) is 8.76. The number of thiazole rings is 1. The molecule has 2 heterocycles. The van der Waals surface area contributed by atoms with Crippen molar-refractivity contribution in [2.75, 3.05) is 11.1 Å². The smallest absolute Gasteiger partial charge is 0.251 e. The van der Waals surface area contributed by atoms with E-state index >= 15 is 0 Å². The normalized spacial score (nSPS) is 10.7. The van der Waals surface area contributed by atoms with Gasteiger partial charge in [0.05, 0.1) is 18.0 Å². The number of rotatable bonds is 10. The minimum absolute atomic E-state index is 0.113. The summed E-state index contributed by atoms with van der Waals surface area (Å²) in [6.45, 7) is 4.37. The van der Waals surface area contributed by atoms with Crippen LogP contribution in [-0.2, 0) is 17.9 Å². The summed E-state index contributed by atoms with van der Waals surface area (Å²) in [6, 6.07) is 13.9. The Morgan fingerprint density at radius 1 is 1.06 bits per heavy atom. The van der Waals surface area contributed by atoms with E-state index in [0.29, 0.717) is 38.3 Å². The van der Waals surface area contributed by atoms with Crippen LogP contribution in [0.1, 0.15) is 16.2 Å². The van der Waals surface area contributed by atoms with Gasteiger partial charge in [0.1, 0.15) is 0 Å². The molecule has 184 valence electrons. The fraction of sp³-hybridized carbons (Fsp3) is 0.125. The Balaban J connectivity index is 1.33. The maximum absolute atomic E-state index is 12.5. The van der Waals surface area contributed by atoms with Gasteiger partial charge in [-0.05, 0) is 36.4 Å². The standard InChI is InChI=1S/C24H20Cl2N6O2S2/c1-2-11-32-20(12-27-22(34)16-5-9-18(26)10-6-16)30-31-24(32)36-14-21(33)29-23-28-19(13-35-23)15-3-7-17(25)8-4-15/h2-10,13H,1,11-12,14H2,(H,27,34)(H,28,29,33). The quantitative estimate of drug-likeness (QED) is 0.195. The number of benzene rings is 2. The van der Waals surface area contributed by atoms with Crippen LogP contribution in [0.2, 0.25) is 10.0 Å². The number of anilines is 1. The van der Waals surface area contributed by atoms with Crippen molar-refractivity contribution in [1.82, 2.24) is 25.1 Å². The van der Waals surface area contributed by atoms with Gasteiger partial charge in [0.2, 0.25) is 5.91 Å². The molecule has 0 aliphatic heterocycles. The first-order valence-electron chi connectivity index (χ1n) is 10.6. The third-order valence-corrected chi connectivity index (χ3v) is 7.07. The summed E-state index contributed by atoms with van der Waals surface area (Å²) < 4.78 is 1.80. The first-order valence-corrected chi connectivity index (χ1v) is 13.3. The number of halogens is 2. The zero-order valence-corrected chi connectivity index (χ0v) is 21.9. The lowest BCUT2D eigenvalue weighted by atomic mass is 10.2. The van der Waals surface area contributed by atoms with Crippen LogP contribution in [0, 0.1) is 0 Å². The summed E-state index contributed by atoms with van der Waals surface area (Å²) >= 11 is 14.4. The van der Waals surface area contributed by atoms with Gasteiger partial charge >= 0.3 is 0 Å². The van der Waals surface area contributed by atoms with Crippen LogP contribution < -0.4 is 10.6 Å². The van der Waals surface area contributed by atoms with Crippen molar-refractivity contribution in [3.8, 4) is 11.3 Å². The van der Waals surface area contributed by atoms with E-state index in [-0.39, 0.29) is 24.1 Å². The van der Waals surface area contributed by atoms with Crippen LogP contribution in [0.4, 0.5) is 5.13 Å². The molecule has 4 rings (SSSR count). The topological polar surface area (TPSA) is 102 Å². The molecule has 4 aromatic rings. The molecule has 0 unspecified atom stereocenters. The summed E-state index contributed by atoms with van der Waals surface area (Å²) in [4.78, 5) is 29.4. The van der Waals surface area contributed by atoms with Gasteiger partial charge in [-0.2, -0.15) is 0 Å². The molecular weight excluding hydrogens is 539 g/mol. The second-order valence-corrected chi connectivity index (χ2v) is 10.0. The Morgan fingerprint density at radius 3 is 2.44 bits per heavy atom. The molecule has 0 saturated carbocycles. The number of carbonyl (C=O) groups is 2. The van der Waals surface area contributed by atoms with Crippen molar-refractivity contribution >= 4 is 63.2 Å². The van der Waals surface area contributed by atoms with E-state index < -0.39 is 0 Å². The molecule has 0 aliphatic rings. The van der Waals surface area contributed by atoms with Crippen LogP contribution in [0.3, 0.4) is 0 Å². The molecule has 12 heteroatoms. The molecule has 0 fully saturated rings. The van der Waals surface area contributed by atoms with Crippen molar-refractivity contribution in [2.45, 2.75) is 18.2 Å². The number of allylic oxidation sites excluding steroid dienone is 1. The Bertz CT molecular complexity index is 1370. The second kappa shape index (κ2) is 12.2. The number of nitrogens with one attached hydrogen (secondary N) is 2. The zero-order valence-electron chi connectivity index (χ0n) is 18.8. The van der Waals surface area contributed by atoms with Crippen molar-refractivity contribution in [2.24, 2.45) is 0 Å². The minimum Gasteiger partial charge on any atom is -0.345 e. The van der Waals surface area contributed by atoms with Crippen molar-refractivity contribution < 1.29 is 9.59 Å². The first kappa shape index (κ1) is 25.9. The van der Waals surface area contributed by atoms with Crippen LogP contribution in [0.25, 0.3) is 11.3 Å². The summed E-state index contributed by atoms with van der Waals surface area (Å²) in [5, 5.41) is 18.1. The molecule has 2 aromatic heterocycles. The largest absolute Gasteiger partial charge is 0.345 e. The molecule has 0 radical (unpaired) electrons. The molecule has 0 saturated heterocycles. The lowest BCUT2D eigenvalue weighted by Crippen LogP contribution is -2.24. The lowest BCUT2D eigenvalue weighted by molar-refractivity contribution is -0.113. The SMILES string of the molecule is C=CCn1c(CNC(=O)c2ccc(Cl)cc2)nnc1SCC(=O)Nc1nc(-c2ccc(Cl)cc2)cs1. The van der Waals surface area contributed by atoms with Gasteiger partial charge in [-0.25, -0.2) is 4.98 Å². The molecule has 36 heavy (non-hydrogen) atoms. The van der Waals surface area contributed by atoms with Gasteiger partial charge in [-0.1, -0.05) is 53.2 Å². The maximum Gasteiger partial charge on any atom is 0.251 e. The molecule has 2 N–H and O–H groups in total. The molecular formula is C24H20Cl2N6O2S2. The van der Waals surface area contributed by atoms with Crippen LogP contribution in [0.5, 0.6) is 0 Å². The third-order valence-electron chi connectivity index (χ3n) is 4.84. The highest BCUT2D eigenvalue weighted by atomic mass is 35.5. The molecule has 2 aromatic carbocycles. The summed E-state index contributed by atoms with van der Waals surface area (Å²) in [5.74, 6) is 0.188. The minimum atomic E-state index is -0.255. The van der Waals surface area contributed by atoms with E-state index in [1.165, 1.54) is 23.1 Å².